The summed E-state index contributed by atoms with van der Waals surface area (Å²) in [5.41, 5.74) is 6.41. The summed E-state index contributed by atoms with van der Waals surface area (Å²) in [4.78, 5) is 2.34. The van der Waals surface area contributed by atoms with Gasteiger partial charge in [0.15, 0.2) is 0 Å². The number of likely N-dealkylation sites (N-methyl/N-ethyl adjacent to an activating group) is 1. The van der Waals surface area contributed by atoms with Gasteiger partial charge in [-0.3, -0.25) is 0 Å². The van der Waals surface area contributed by atoms with Crippen LogP contribution in [0.4, 0.5) is 5.69 Å². The highest BCUT2D eigenvalue weighted by Crippen LogP contribution is 2.50. The number of nitrogens with zero attached hydrogens (tertiary/aromatic N) is 1. The van der Waals surface area contributed by atoms with Crippen molar-refractivity contribution in [2.45, 2.75) is 77.6 Å². The van der Waals surface area contributed by atoms with Gasteiger partial charge in [-0.25, -0.2) is 0 Å². The van der Waals surface area contributed by atoms with Crippen LogP contribution in [0.5, 0.6) is 5.75 Å². The third kappa shape index (κ3) is 4.62. The molecule has 0 aromatic heterocycles. The molecule has 172 valence electrons. The number of rotatable bonds is 10. The molecular formula is C29H40N2O. The summed E-state index contributed by atoms with van der Waals surface area (Å²) in [7, 11) is 1.72. The number of anilines is 1. The number of ether oxygens (including phenoxy) is 1. The molecule has 0 radical (unpaired) electrons. The van der Waals surface area contributed by atoms with E-state index in [2.05, 4.69) is 75.9 Å². The largest absolute Gasteiger partial charge is 0.497 e. The van der Waals surface area contributed by atoms with Gasteiger partial charge in [-0.2, -0.15) is 0 Å². The Bertz CT molecular complexity index is 958. The molecule has 0 saturated carbocycles. The molecule has 2 aromatic carbocycles. The minimum absolute atomic E-state index is 0.204. The van der Waals surface area contributed by atoms with Crippen LogP contribution in [0, 0.1) is 5.41 Å². The summed E-state index contributed by atoms with van der Waals surface area (Å²) in [5, 5.41) is 7.79. The van der Waals surface area contributed by atoms with Crippen LogP contribution in [0.15, 0.2) is 54.2 Å². The van der Waals surface area contributed by atoms with Crippen LogP contribution in [0.1, 0.15) is 77.0 Å². The molecular weight excluding hydrogens is 392 g/mol. The molecule has 0 saturated heterocycles. The summed E-state index contributed by atoms with van der Waals surface area (Å²) in [6, 6.07) is 15.6. The Morgan fingerprint density at radius 2 is 1.78 bits per heavy atom. The fourth-order valence-corrected chi connectivity index (χ4v) is 5.21. The minimum Gasteiger partial charge on any atom is -0.497 e. The van der Waals surface area contributed by atoms with Crippen molar-refractivity contribution in [2.75, 3.05) is 18.6 Å². The standard InChI is InChI=1S/C29H40N2O/c1-7-9-10-18-28(3,4)23-13-11-22(12-14-23)21-29(5)25-20-24(32-6)15-16-26(25)31(8-2)27(29)17-19-30/h11-17,19-20,30H,7-10,18,21H2,1-6H3/b27-17-,30-19?. The van der Waals surface area contributed by atoms with Gasteiger partial charge in [0.25, 0.3) is 0 Å². The Kier molecular flexibility index (Phi) is 7.48. The van der Waals surface area contributed by atoms with Gasteiger partial charge in [0.2, 0.25) is 0 Å². The van der Waals surface area contributed by atoms with Gasteiger partial charge in [-0.15, -0.1) is 0 Å². The van der Waals surface area contributed by atoms with Gasteiger partial charge in [0, 0.05) is 29.6 Å². The first-order valence-corrected chi connectivity index (χ1v) is 12.1. The van der Waals surface area contributed by atoms with E-state index in [1.807, 2.05) is 12.1 Å². The molecule has 1 aliphatic rings. The summed E-state index contributed by atoms with van der Waals surface area (Å²) in [5.74, 6) is 0.881. The van der Waals surface area contributed by atoms with Crippen molar-refractivity contribution in [1.82, 2.24) is 0 Å². The molecule has 1 atom stereocenters. The van der Waals surface area contributed by atoms with Crippen LogP contribution in [0.3, 0.4) is 0 Å². The van der Waals surface area contributed by atoms with Gasteiger partial charge < -0.3 is 15.0 Å². The van der Waals surface area contributed by atoms with Gasteiger partial charge >= 0.3 is 0 Å². The van der Waals surface area contributed by atoms with Gasteiger partial charge in [0.05, 0.1) is 7.11 Å². The highest BCUT2D eigenvalue weighted by Gasteiger charge is 2.43. The zero-order chi connectivity index (χ0) is 23.4. The van der Waals surface area contributed by atoms with Crippen molar-refractivity contribution < 1.29 is 4.74 Å². The number of benzene rings is 2. The molecule has 3 heteroatoms. The monoisotopic (exact) mass is 432 g/mol. The first-order chi connectivity index (χ1) is 15.3. The number of hydrogen-bond acceptors (Lipinski definition) is 3. The quantitative estimate of drug-likeness (QED) is 0.313. The lowest BCUT2D eigenvalue weighted by Crippen LogP contribution is -2.30. The maximum Gasteiger partial charge on any atom is 0.119 e. The Hall–Kier alpha value is -2.55. The molecule has 0 spiro atoms. The van der Waals surface area contributed by atoms with Crippen molar-refractivity contribution in [3.8, 4) is 5.75 Å². The van der Waals surface area contributed by atoms with Crippen molar-refractivity contribution in [3.63, 3.8) is 0 Å². The lowest BCUT2D eigenvalue weighted by Gasteiger charge is -2.30. The van der Waals surface area contributed by atoms with Crippen LogP contribution in [0.25, 0.3) is 0 Å². The topological polar surface area (TPSA) is 36.3 Å². The molecule has 0 fully saturated rings. The first kappa shape index (κ1) is 24.1. The molecule has 1 aliphatic heterocycles. The molecule has 1 unspecified atom stereocenters. The lowest BCUT2D eigenvalue weighted by atomic mass is 9.75. The van der Waals surface area contributed by atoms with Crippen molar-refractivity contribution in [3.05, 3.63) is 70.9 Å². The maximum atomic E-state index is 7.79. The Balaban J connectivity index is 1.94. The molecule has 0 bridgehead atoms. The van der Waals surface area contributed by atoms with Gasteiger partial charge in [0.1, 0.15) is 5.75 Å². The van der Waals surface area contributed by atoms with E-state index >= 15 is 0 Å². The number of hydrogen-bond donors (Lipinski definition) is 1. The highest BCUT2D eigenvalue weighted by molar-refractivity contribution is 5.79. The van der Waals surface area contributed by atoms with Gasteiger partial charge in [-0.1, -0.05) is 64.3 Å². The average molecular weight is 433 g/mol. The van der Waals surface area contributed by atoms with Crippen LogP contribution < -0.4 is 9.64 Å². The van der Waals surface area contributed by atoms with E-state index in [1.165, 1.54) is 60.0 Å². The predicted molar refractivity (Wildman–Crippen MR) is 138 cm³/mol. The summed E-state index contributed by atoms with van der Waals surface area (Å²) in [6.45, 7) is 12.3. The number of methoxy groups -OCH3 is 1. The van der Waals surface area contributed by atoms with Gasteiger partial charge in [-0.05, 0) is 73.1 Å². The number of nitrogens with one attached hydrogen (secondary N) is 1. The van der Waals surface area contributed by atoms with E-state index in [4.69, 9.17) is 10.1 Å². The molecule has 3 nitrogen and oxygen atoms in total. The second-order valence-electron chi connectivity index (χ2n) is 9.89. The van der Waals surface area contributed by atoms with Crippen molar-refractivity contribution >= 4 is 11.9 Å². The van der Waals surface area contributed by atoms with Crippen molar-refractivity contribution in [2.24, 2.45) is 0 Å². The van der Waals surface area contributed by atoms with E-state index in [0.717, 1.165) is 18.7 Å². The Morgan fingerprint density at radius 3 is 2.38 bits per heavy atom. The van der Waals surface area contributed by atoms with E-state index in [1.54, 1.807) is 7.11 Å². The third-order valence-electron chi connectivity index (χ3n) is 7.20. The maximum absolute atomic E-state index is 7.79. The van der Waals surface area contributed by atoms with Crippen LogP contribution in [0.2, 0.25) is 0 Å². The number of allylic oxidation sites excluding steroid dienone is 2. The Morgan fingerprint density at radius 1 is 1.06 bits per heavy atom. The molecule has 0 amide bonds. The van der Waals surface area contributed by atoms with E-state index in [0.29, 0.717) is 0 Å². The molecule has 2 aromatic rings. The fraction of sp³-hybridized carbons (Fsp3) is 0.483. The van der Waals surface area contributed by atoms with E-state index in [-0.39, 0.29) is 10.8 Å². The molecule has 0 aliphatic carbocycles. The molecule has 1 heterocycles. The predicted octanol–water partition coefficient (Wildman–Crippen LogP) is 7.43. The smallest absolute Gasteiger partial charge is 0.119 e. The molecule has 32 heavy (non-hydrogen) atoms. The van der Waals surface area contributed by atoms with E-state index in [9.17, 15) is 0 Å². The van der Waals surface area contributed by atoms with Crippen LogP contribution in [-0.2, 0) is 17.3 Å². The second-order valence-corrected chi connectivity index (χ2v) is 9.89. The second kappa shape index (κ2) is 9.94. The first-order valence-electron chi connectivity index (χ1n) is 12.1. The van der Waals surface area contributed by atoms with E-state index < -0.39 is 0 Å². The summed E-state index contributed by atoms with van der Waals surface area (Å²) in [6.07, 6.45) is 9.34. The van der Waals surface area contributed by atoms with Crippen LogP contribution in [-0.4, -0.2) is 19.9 Å². The number of unbranched alkanes of at least 4 members (excludes halogenated alkanes) is 2. The van der Waals surface area contributed by atoms with Crippen LogP contribution >= 0.6 is 0 Å². The Labute approximate surface area is 195 Å². The molecule has 3 rings (SSSR count). The molecule has 1 N–H and O–H groups in total. The highest BCUT2D eigenvalue weighted by atomic mass is 16.5. The third-order valence-corrected chi connectivity index (χ3v) is 7.20. The lowest BCUT2D eigenvalue weighted by molar-refractivity contribution is 0.413. The minimum atomic E-state index is -0.213. The average Bonchev–Trinajstić information content (AvgIpc) is 3.01. The summed E-state index contributed by atoms with van der Waals surface area (Å²) >= 11 is 0. The normalized spacial score (nSPS) is 19.3. The zero-order valence-electron chi connectivity index (χ0n) is 20.8. The SMILES string of the molecule is CCCCCC(C)(C)c1ccc(CC2(C)/C(=C/C=N)N(CC)c3ccc(OC)cc32)cc1. The number of fused-ring (bicyclic) bond motifs is 1. The van der Waals surface area contributed by atoms with Crippen molar-refractivity contribution in [1.29, 1.82) is 5.41 Å². The fourth-order valence-electron chi connectivity index (χ4n) is 5.21. The zero-order valence-corrected chi connectivity index (χ0v) is 20.8. The summed E-state index contributed by atoms with van der Waals surface area (Å²) < 4.78 is 5.56.